The molecule has 0 atom stereocenters. The van der Waals surface area contributed by atoms with Crippen molar-refractivity contribution in [3.63, 3.8) is 0 Å². The zero-order chi connectivity index (χ0) is 5.70. The molecule has 0 aliphatic carbocycles. The maximum absolute atomic E-state index is 6.25. The molecule has 0 unspecified atom stereocenters. The van der Waals surface area contributed by atoms with Crippen LogP contribution < -0.4 is 4.90 Å². The minimum Gasteiger partial charge on any atom is -0.512 e. The van der Waals surface area contributed by atoms with Gasteiger partial charge in [0.2, 0.25) is 0 Å². The van der Waals surface area contributed by atoms with Gasteiger partial charge in [0.1, 0.15) is 13.1 Å². The van der Waals surface area contributed by atoms with Crippen LogP contribution in [0, 0.1) is 11.8 Å². The summed E-state index contributed by atoms with van der Waals surface area (Å²) in [6, 6.07) is 0. The molecule has 1 saturated heterocycles. The Morgan fingerprint density at radius 1 is 1.57 bits per heavy atom. The molecule has 0 amide bonds. The predicted molar refractivity (Wildman–Crippen MR) is 25.9 cm³/mol. The lowest BCUT2D eigenvalue weighted by Crippen LogP contribution is -2.85. The van der Waals surface area contributed by atoms with Crippen LogP contribution in [-0.2, 0) is 0 Å². The van der Waals surface area contributed by atoms with Gasteiger partial charge in [0.05, 0.1) is 6.20 Å². The third kappa shape index (κ3) is 3.01. The second kappa shape index (κ2) is 3.38. The lowest BCUT2D eigenvalue weighted by molar-refractivity contribution is -0.694. The monoisotopic (exact) mass is 96.1 g/mol. The molecule has 0 aromatic heterocycles. The normalized spacial score (nSPS) is 16.3. The van der Waals surface area contributed by atoms with Crippen LogP contribution in [0.15, 0.2) is 12.8 Å². The molecule has 0 radical (unpaired) electrons. The van der Waals surface area contributed by atoms with Gasteiger partial charge in [-0.05, 0) is 6.58 Å². The Morgan fingerprint density at radius 2 is 2.00 bits per heavy atom. The van der Waals surface area contributed by atoms with Crippen molar-refractivity contribution in [1.82, 2.24) is 0 Å². The Balaban J connectivity index is 0.000000162. The topological polar surface area (TPSA) is 28.2 Å². The molecule has 1 heterocycles. The van der Waals surface area contributed by atoms with Crippen LogP contribution >= 0.6 is 0 Å². The fourth-order valence-electron chi connectivity index (χ4n) is 0.276. The first-order valence-electron chi connectivity index (χ1n) is 2.13. The van der Waals surface area contributed by atoms with E-state index < -0.39 is 0 Å². The maximum Gasteiger partial charge on any atom is 0.132 e. The van der Waals surface area contributed by atoms with E-state index in [1.807, 2.05) is 6.20 Å². The Labute approximate surface area is 43.7 Å². The molecule has 0 bridgehead atoms. The molecule has 1 aliphatic heterocycles. The zero-order valence-electron chi connectivity index (χ0n) is 4.15. The zero-order valence-corrected chi connectivity index (χ0v) is 4.15. The van der Waals surface area contributed by atoms with Crippen molar-refractivity contribution in [3.05, 3.63) is 19.4 Å². The van der Waals surface area contributed by atoms with Gasteiger partial charge in [0.15, 0.2) is 0 Å². The number of hydrogen-bond acceptors (Lipinski definition) is 1. The van der Waals surface area contributed by atoms with Crippen LogP contribution in [0.5, 0.6) is 0 Å². The average molecular weight is 96.1 g/mol. The van der Waals surface area contributed by atoms with Crippen molar-refractivity contribution in [2.75, 3.05) is 13.1 Å². The van der Waals surface area contributed by atoms with E-state index in [1.54, 1.807) is 0 Å². The predicted octanol–water partition coefficient (Wildman–Crippen LogP) is -0.875. The van der Waals surface area contributed by atoms with Crippen molar-refractivity contribution in [2.45, 2.75) is 0 Å². The Morgan fingerprint density at radius 3 is 2.00 bits per heavy atom. The Hall–Kier alpha value is -0.810. The fourth-order valence-corrected chi connectivity index (χ4v) is 0.276. The van der Waals surface area contributed by atoms with Crippen LogP contribution in [0.25, 0.3) is 0 Å². The molecule has 2 heteroatoms. The summed E-state index contributed by atoms with van der Waals surface area (Å²) in [5.74, 6) is 0. The maximum atomic E-state index is 6.25. The molecule has 38 valence electrons. The molecule has 1 aliphatic rings. The number of rotatable bonds is 1. The highest BCUT2D eigenvalue weighted by atomic mass is 15.2. The minimum atomic E-state index is 1.31. The van der Waals surface area contributed by atoms with Crippen LogP contribution in [0.1, 0.15) is 0 Å². The van der Waals surface area contributed by atoms with Gasteiger partial charge in [-0.25, -0.2) is 0 Å². The summed E-state index contributed by atoms with van der Waals surface area (Å²) in [7, 11) is 0. The second-order valence-electron chi connectivity index (χ2n) is 1.36. The highest BCUT2D eigenvalue weighted by molar-refractivity contribution is 4.53. The largest absolute Gasteiger partial charge is 0.512 e. The minimum absolute atomic E-state index is 1.31. The quantitative estimate of drug-likeness (QED) is 0.333. The van der Waals surface area contributed by atoms with Gasteiger partial charge in [-0.2, -0.15) is 0 Å². The van der Waals surface area contributed by atoms with E-state index in [4.69, 9.17) is 11.8 Å². The van der Waals surface area contributed by atoms with E-state index >= 15 is 0 Å². The van der Waals surface area contributed by atoms with Crippen molar-refractivity contribution >= 4 is 0 Å². The highest BCUT2D eigenvalue weighted by Crippen LogP contribution is 1.57. The van der Waals surface area contributed by atoms with Crippen LogP contribution in [-0.4, -0.2) is 13.1 Å². The van der Waals surface area contributed by atoms with E-state index in [2.05, 4.69) is 6.58 Å². The van der Waals surface area contributed by atoms with Crippen LogP contribution in [0.4, 0.5) is 0 Å². The average Bonchev–Trinajstić information content (AvgIpc) is 2.52. The van der Waals surface area contributed by atoms with Gasteiger partial charge in [0, 0.05) is 0 Å². The van der Waals surface area contributed by atoms with Crippen molar-refractivity contribution in [1.29, 1.82) is 5.26 Å². The summed E-state index contributed by atoms with van der Waals surface area (Å²) in [4.78, 5) is 1.52. The Bertz CT molecular complexity index is 71.4. The Kier molecular flexibility index (Phi) is 2.99. The molecule has 0 aromatic carbocycles. The molecule has 0 aromatic rings. The number of nitrogens with zero attached hydrogens (tertiary/aromatic N) is 1. The van der Waals surface area contributed by atoms with E-state index in [1.165, 1.54) is 18.0 Å². The summed E-state index contributed by atoms with van der Waals surface area (Å²) in [6.07, 6.45) is 1.94. The lowest BCUT2D eigenvalue weighted by Gasteiger charge is -1.69. The summed E-state index contributed by atoms with van der Waals surface area (Å²) >= 11 is 0. The smallest absolute Gasteiger partial charge is 0.132 e. The van der Waals surface area contributed by atoms with Crippen LogP contribution in [0.3, 0.4) is 0 Å². The molecular weight excluding hydrogens is 88.1 g/mol. The second-order valence-corrected chi connectivity index (χ2v) is 1.36. The summed E-state index contributed by atoms with van der Waals surface area (Å²) in [5.41, 5.74) is 0. The van der Waals surface area contributed by atoms with Gasteiger partial charge >= 0.3 is 0 Å². The third-order valence-electron chi connectivity index (χ3n) is 0.827. The molecule has 0 spiro atoms. The number of nitrogens with one attached hydrogen (secondary N) is 1. The first-order valence-corrected chi connectivity index (χ1v) is 2.13. The summed E-state index contributed by atoms with van der Waals surface area (Å²) in [5, 5.41) is 6.25. The van der Waals surface area contributed by atoms with Crippen LogP contribution in [0.2, 0.25) is 0 Å². The summed E-state index contributed by atoms with van der Waals surface area (Å²) < 4.78 is 0. The standard InChI is InChI=1S/C4H7N.CN/c1-2-5-3-4-5;1-2/h2H,1,3-4H2;/q;-1/p+1. The first kappa shape index (κ1) is 6.19. The van der Waals surface area contributed by atoms with E-state index in [0.717, 1.165) is 0 Å². The molecular formula is C5H8N2. The van der Waals surface area contributed by atoms with Gasteiger partial charge in [-0.15, -0.1) is 0 Å². The lowest BCUT2D eigenvalue weighted by atomic mass is 11.0. The van der Waals surface area contributed by atoms with Gasteiger partial charge < -0.3 is 11.8 Å². The molecule has 7 heavy (non-hydrogen) atoms. The molecule has 0 saturated carbocycles. The van der Waals surface area contributed by atoms with Crippen molar-refractivity contribution < 1.29 is 4.90 Å². The van der Waals surface area contributed by atoms with E-state index in [9.17, 15) is 0 Å². The van der Waals surface area contributed by atoms with E-state index in [0.29, 0.717) is 0 Å². The van der Waals surface area contributed by atoms with Gasteiger partial charge in [-0.3, -0.25) is 4.90 Å². The molecule has 1 N–H and O–H groups in total. The number of quaternary nitrogens is 1. The van der Waals surface area contributed by atoms with Gasteiger partial charge in [-0.1, -0.05) is 0 Å². The fraction of sp³-hybridized carbons (Fsp3) is 0.400. The molecule has 2 nitrogen and oxygen atoms in total. The number of hydrogen-bond donors (Lipinski definition) is 1. The van der Waals surface area contributed by atoms with Crippen molar-refractivity contribution in [3.8, 4) is 0 Å². The molecule has 1 rings (SSSR count). The van der Waals surface area contributed by atoms with Gasteiger partial charge in [0.25, 0.3) is 0 Å². The first-order chi connectivity index (χ1) is 3.43. The SMILES string of the molecule is C=C[NH+]1CC1.[C-]#N. The van der Waals surface area contributed by atoms with Crippen molar-refractivity contribution in [2.24, 2.45) is 0 Å². The summed E-state index contributed by atoms with van der Waals surface area (Å²) in [6.45, 7) is 11.0. The van der Waals surface area contributed by atoms with E-state index in [-0.39, 0.29) is 0 Å². The highest BCUT2D eigenvalue weighted by Gasteiger charge is 2.17. The molecule has 1 fully saturated rings. The third-order valence-corrected chi connectivity index (χ3v) is 0.827.